The van der Waals surface area contributed by atoms with Gasteiger partial charge in [0.15, 0.2) is 0 Å². The second kappa shape index (κ2) is 7.79. The van der Waals surface area contributed by atoms with Crippen LogP contribution >= 0.6 is 0 Å². The Morgan fingerprint density at radius 3 is 2.60 bits per heavy atom. The van der Waals surface area contributed by atoms with Crippen LogP contribution in [-0.4, -0.2) is 24.0 Å². The molecule has 0 aliphatic rings. The Morgan fingerprint density at radius 2 is 1.87 bits per heavy atom. The van der Waals surface area contributed by atoms with Crippen molar-refractivity contribution in [1.82, 2.24) is 10.3 Å². The summed E-state index contributed by atoms with van der Waals surface area (Å²) in [6.07, 6.45) is 1.37. The van der Waals surface area contributed by atoms with Crippen molar-refractivity contribution in [1.29, 1.82) is 0 Å². The number of methoxy groups -OCH3 is 1. The average molecular weight is 402 g/mol. The molecule has 1 amide bonds. The first kappa shape index (κ1) is 19.3. The van der Waals surface area contributed by atoms with Gasteiger partial charge in [0, 0.05) is 11.6 Å². The van der Waals surface area contributed by atoms with Gasteiger partial charge in [-0.1, -0.05) is 23.8 Å². The van der Waals surface area contributed by atoms with Crippen LogP contribution in [-0.2, 0) is 11.3 Å². The number of carbonyl (C=O) groups excluding carboxylic acids is 2. The van der Waals surface area contributed by atoms with Gasteiger partial charge in [-0.2, -0.15) is 0 Å². The summed E-state index contributed by atoms with van der Waals surface area (Å²) in [6.45, 7) is 2.08. The first-order valence-electron chi connectivity index (χ1n) is 9.24. The summed E-state index contributed by atoms with van der Waals surface area (Å²) >= 11 is 0. The minimum Gasteiger partial charge on any atom is -0.465 e. The number of aromatic nitrogens is 1. The van der Waals surface area contributed by atoms with Gasteiger partial charge in [-0.3, -0.25) is 9.78 Å². The van der Waals surface area contributed by atoms with Gasteiger partial charge in [0.1, 0.15) is 11.1 Å². The number of amides is 1. The molecule has 0 bridgehead atoms. The van der Waals surface area contributed by atoms with Crippen molar-refractivity contribution < 1.29 is 18.7 Å². The normalized spacial score (nSPS) is 10.9. The van der Waals surface area contributed by atoms with E-state index in [4.69, 9.17) is 4.42 Å². The maximum Gasteiger partial charge on any atom is 0.349 e. The molecule has 0 spiro atoms. The van der Waals surface area contributed by atoms with Crippen molar-refractivity contribution in [3.05, 3.63) is 87.5 Å². The third-order valence-corrected chi connectivity index (χ3v) is 4.77. The number of benzene rings is 2. The number of nitrogens with one attached hydrogen (secondary N) is 1. The molecule has 0 radical (unpaired) electrons. The quantitative estimate of drug-likeness (QED) is 0.319. The second-order valence-corrected chi connectivity index (χ2v) is 6.90. The minimum atomic E-state index is -0.707. The summed E-state index contributed by atoms with van der Waals surface area (Å²) in [7, 11) is 1.29. The molecular formula is C23H18N2O5. The molecule has 150 valence electrons. The van der Waals surface area contributed by atoms with Gasteiger partial charge in [0.2, 0.25) is 0 Å². The number of carbonyl (C=O) groups is 2. The highest BCUT2D eigenvalue weighted by molar-refractivity contribution is 6.00. The molecule has 4 aromatic rings. The number of rotatable bonds is 4. The van der Waals surface area contributed by atoms with E-state index in [2.05, 4.69) is 15.0 Å². The first-order chi connectivity index (χ1) is 14.4. The fraction of sp³-hybridized carbons (Fsp3) is 0.130. The van der Waals surface area contributed by atoms with Crippen LogP contribution in [0.25, 0.3) is 21.7 Å². The van der Waals surface area contributed by atoms with Crippen molar-refractivity contribution in [3.8, 4) is 0 Å². The van der Waals surface area contributed by atoms with Gasteiger partial charge in [-0.25, -0.2) is 9.59 Å². The van der Waals surface area contributed by atoms with Crippen LogP contribution in [0.4, 0.5) is 0 Å². The molecule has 0 aliphatic carbocycles. The fourth-order valence-corrected chi connectivity index (χ4v) is 3.18. The third-order valence-electron chi connectivity index (χ3n) is 4.77. The van der Waals surface area contributed by atoms with Crippen molar-refractivity contribution in [3.63, 3.8) is 0 Å². The van der Waals surface area contributed by atoms with Gasteiger partial charge in [0.25, 0.3) is 5.91 Å². The smallest absolute Gasteiger partial charge is 0.349 e. The molecule has 7 heteroatoms. The van der Waals surface area contributed by atoms with Gasteiger partial charge >= 0.3 is 11.6 Å². The maximum absolute atomic E-state index is 12.5. The summed E-state index contributed by atoms with van der Waals surface area (Å²) in [5.74, 6) is -1.05. The lowest BCUT2D eigenvalue weighted by molar-refractivity contribution is 0.0600. The van der Waals surface area contributed by atoms with Crippen LogP contribution in [0.15, 0.2) is 63.9 Å². The van der Waals surface area contributed by atoms with Crippen LogP contribution in [0.5, 0.6) is 0 Å². The average Bonchev–Trinajstić information content (AvgIpc) is 2.75. The maximum atomic E-state index is 12.5. The number of aryl methyl sites for hydroxylation is 1. The van der Waals surface area contributed by atoms with E-state index in [0.717, 1.165) is 16.3 Å². The number of hydrogen-bond donors (Lipinski definition) is 1. The fourth-order valence-electron chi connectivity index (χ4n) is 3.18. The van der Waals surface area contributed by atoms with Crippen LogP contribution in [0.2, 0.25) is 0 Å². The Bertz CT molecular complexity index is 1340. The van der Waals surface area contributed by atoms with Crippen LogP contribution in [0.1, 0.15) is 32.0 Å². The topological polar surface area (TPSA) is 98.5 Å². The van der Waals surface area contributed by atoms with Crippen LogP contribution in [0.3, 0.4) is 0 Å². The lowest BCUT2D eigenvalue weighted by Gasteiger charge is -2.07. The van der Waals surface area contributed by atoms with E-state index in [1.165, 1.54) is 19.4 Å². The van der Waals surface area contributed by atoms with Crippen LogP contribution < -0.4 is 10.9 Å². The molecule has 0 atom stereocenters. The summed E-state index contributed by atoms with van der Waals surface area (Å²) in [4.78, 5) is 40.4. The van der Waals surface area contributed by atoms with Crippen molar-refractivity contribution in [2.45, 2.75) is 13.5 Å². The van der Waals surface area contributed by atoms with Crippen molar-refractivity contribution in [2.75, 3.05) is 7.11 Å². The molecular weight excluding hydrogens is 384 g/mol. The lowest BCUT2D eigenvalue weighted by atomic mass is 10.0. The Morgan fingerprint density at radius 1 is 1.03 bits per heavy atom. The standard InChI is InChI=1S/C23H18N2O5/c1-13-3-4-14-8-17-9-19(23(28)30-20(17)10-16(14)7-13)21(26)25-12-18-6-5-15(11-24-18)22(27)29-2/h3-11H,12H2,1-2H3,(H,25,26). The second-order valence-electron chi connectivity index (χ2n) is 6.90. The van der Waals surface area contributed by atoms with E-state index in [-0.39, 0.29) is 12.1 Å². The predicted molar refractivity (Wildman–Crippen MR) is 111 cm³/mol. The molecule has 2 aromatic carbocycles. The van der Waals surface area contributed by atoms with E-state index in [9.17, 15) is 14.4 Å². The molecule has 4 rings (SSSR count). The van der Waals surface area contributed by atoms with E-state index in [1.54, 1.807) is 18.2 Å². The highest BCUT2D eigenvalue weighted by Crippen LogP contribution is 2.23. The molecule has 0 aliphatic heterocycles. The zero-order valence-electron chi connectivity index (χ0n) is 16.4. The van der Waals surface area contributed by atoms with Gasteiger partial charge in [-0.15, -0.1) is 0 Å². The molecule has 0 fully saturated rings. The zero-order valence-corrected chi connectivity index (χ0v) is 16.4. The molecule has 30 heavy (non-hydrogen) atoms. The number of esters is 1. The molecule has 1 N–H and O–H groups in total. The summed E-state index contributed by atoms with van der Waals surface area (Å²) in [5.41, 5.74) is 1.58. The summed E-state index contributed by atoms with van der Waals surface area (Å²) in [6, 6.07) is 14.4. The number of ether oxygens (including phenoxy) is 1. The zero-order chi connectivity index (χ0) is 21.3. The SMILES string of the molecule is COC(=O)c1ccc(CNC(=O)c2cc3cc4ccc(C)cc4cc3oc2=O)nc1. The third kappa shape index (κ3) is 3.77. The van der Waals surface area contributed by atoms with E-state index >= 15 is 0 Å². The Hall–Kier alpha value is -4.00. The number of nitrogens with zero attached hydrogens (tertiary/aromatic N) is 1. The summed E-state index contributed by atoms with van der Waals surface area (Å²) < 4.78 is 10.0. The first-order valence-corrected chi connectivity index (χ1v) is 9.24. The molecule has 7 nitrogen and oxygen atoms in total. The number of fused-ring (bicyclic) bond motifs is 2. The molecule has 0 unspecified atom stereocenters. The van der Waals surface area contributed by atoms with E-state index in [0.29, 0.717) is 22.2 Å². The van der Waals surface area contributed by atoms with E-state index < -0.39 is 17.5 Å². The Labute approximate surface area is 171 Å². The predicted octanol–water partition coefficient (Wildman–Crippen LogP) is 3.37. The lowest BCUT2D eigenvalue weighted by Crippen LogP contribution is -2.28. The highest BCUT2D eigenvalue weighted by atomic mass is 16.5. The molecule has 0 saturated heterocycles. The van der Waals surface area contributed by atoms with Crippen LogP contribution in [0, 0.1) is 6.92 Å². The van der Waals surface area contributed by atoms with Gasteiger partial charge < -0.3 is 14.5 Å². The monoisotopic (exact) mass is 402 g/mol. The molecule has 2 heterocycles. The highest BCUT2D eigenvalue weighted by Gasteiger charge is 2.15. The van der Waals surface area contributed by atoms with Crippen molar-refractivity contribution in [2.24, 2.45) is 0 Å². The number of pyridine rings is 1. The molecule has 2 aromatic heterocycles. The number of hydrogen-bond acceptors (Lipinski definition) is 6. The van der Waals surface area contributed by atoms with Gasteiger partial charge in [0.05, 0.1) is 24.9 Å². The largest absolute Gasteiger partial charge is 0.465 e. The minimum absolute atomic E-state index is 0.0832. The Balaban J connectivity index is 1.57. The van der Waals surface area contributed by atoms with Crippen molar-refractivity contribution >= 4 is 33.6 Å². The summed E-state index contributed by atoms with van der Waals surface area (Å²) in [5, 5.41) is 5.27. The Kier molecular flexibility index (Phi) is 5.02. The van der Waals surface area contributed by atoms with E-state index in [1.807, 2.05) is 31.2 Å². The molecule has 0 saturated carbocycles. The van der Waals surface area contributed by atoms with Gasteiger partial charge in [-0.05, 0) is 48.0 Å².